The van der Waals surface area contributed by atoms with Gasteiger partial charge in [-0.2, -0.15) is 0 Å². The van der Waals surface area contributed by atoms with Crippen molar-refractivity contribution in [2.75, 3.05) is 0 Å². The molecule has 0 N–H and O–H groups in total. The van der Waals surface area contributed by atoms with Gasteiger partial charge in [-0.3, -0.25) is 0 Å². The van der Waals surface area contributed by atoms with Crippen molar-refractivity contribution in [3.05, 3.63) is 92.3 Å². The van der Waals surface area contributed by atoms with Gasteiger partial charge in [-0.1, -0.05) is 81.1 Å². The molecule has 0 radical (unpaired) electrons. The molecular formula is C22H12BrCl3S. The largest absolute Gasteiger partial charge is 0.135 e. The van der Waals surface area contributed by atoms with Crippen molar-refractivity contribution in [2.24, 2.45) is 0 Å². The van der Waals surface area contributed by atoms with Crippen LogP contribution < -0.4 is 0 Å². The molecule has 3 aromatic carbocycles. The zero-order valence-corrected chi connectivity index (χ0v) is 18.5. The van der Waals surface area contributed by atoms with Crippen LogP contribution in [-0.4, -0.2) is 0 Å². The zero-order chi connectivity index (χ0) is 19.0. The monoisotopic (exact) mass is 492 g/mol. The Kier molecular flexibility index (Phi) is 5.63. The van der Waals surface area contributed by atoms with E-state index in [1.165, 1.54) is 4.88 Å². The molecule has 0 aliphatic heterocycles. The molecule has 1 heterocycles. The fourth-order valence-corrected chi connectivity index (χ4v) is 5.04. The first kappa shape index (κ1) is 19.0. The molecule has 0 aliphatic rings. The minimum absolute atomic E-state index is 0.626. The summed E-state index contributed by atoms with van der Waals surface area (Å²) in [7, 11) is 0. The molecule has 0 bridgehead atoms. The Bertz CT molecular complexity index is 1100. The van der Waals surface area contributed by atoms with E-state index in [0.717, 1.165) is 31.6 Å². The third-order valence-electron chi connectivity index (χ3n) is 4.19. The van der Waals surface area contributed by atoms with E-state index in [1.54, 1.807) is 17.4 Å². The second-order valence-electron chi connectivity index (χ2n) is 5.99. The van der Waals surface area contributed by atoms with E-state index in [9.17, 15) is 0 Å². The van der Waals surface area contributed by atoms with Gasteiger partial charge in [0.25, 0.3) is 0 Å². The molecule has 1 aromatic heterocycles. The van der Waals surface area contributed by atoms with Crippen molar-refractivity contribution >= 4 is 62.1 Å². The molecule has 0 spiro atoms. The van der Waals surface area contributed by atoms with Crippen LogP contribution >= 0.6 is 62.1 Å². The molecule has 134 valence electrons. The van der Waals surface area contributed by atoms with Gasteiger partial charge in [-0.05, 0) is 53.6 Å². The first-order chi connectivity index (χ1) is 13.0. The Morgan fingerprint density at radius 3 is 1.93 bits per heavy atom. The van der Waals surface area contributed by atoms with Crippen LogP contribution in [0, 0.1) is 0 Å². The van der Waals surface area contributed by atoms with Gasteiger partial charge in [0.2, 0.25) is 0 Å². The highest BCUT2D eigenvalue weighted by Gasteiger charge is 2.16. The Hall–Kier alpha value is -1.29. The summed E-state index contributed by atoms with van der Waals surface area (Å²) in [5.74, 6) is 0. The van der Waals surface area contributed by atoms with E-state index in [1.807, 2.05) is 48.5 Å². The van der Waals surface area contributed by atoms with Crippen LogP contribution in [0.4, 0.5) is 0 Å². The number of rotatable bonds is 3. The Morgan fingerprint density at radius 1 is 0.630 bits per heavy atom. The summed E-state index contributed by atoms with van der Waals surface area (Å²) in [5, 5.41) is 1.98. The molecule has 0 saturated carbocycles. The van der Waals surface area contributed by atoms with Crippen LogP contribution in [0.25, 0.3) is 32.0 Å². The molecule has 0 nitrogen and oxygen atoms in total. The summed E-state index contributed by atoms with van der Waals surface area (Å²) in [6, 6.07) is 24.0. The van der Waals surface area contributed by atoms with Gasteiger partial charge in [0.15, 0.2) is 0 Å². The molecular weight excluding hydrogens is 483 g/mol. The summed E-state index contributed by atoms with van der Waals surface area (Å²) < 4.78 is 1.06. The summed E-state index contributed by atoms with van der Waals surface area (Å²) in [5.41, 5.74) is 4.35. The maximum absolute atomic E-state index is 6.52. The zero-order valence-electron chi connectivity index (χ0n) is 13.8. The minimum atomic E-state index is 0.626. The molecule has 27 heavy (non-hydrogen) atoms. The quantitative estimate of drug-likeness (QED) is 0.266. The van der Waals surface area contributed by atoms with Crippen LogP contribution in [0.15, 0.2) is 77.3 Å². The standard InChI is InChI=1S/C22H12BrCl3S/c23-15-5-1-14(2-6-15)21-12-19(13-3-7-16(24)8-4-13)22(27-21)18-10-9-17(25)11-20(18)26/h1-12H. The first-order valence-corrected chi connectivity index (χ1v) is 10.9. The SMILES string of the molecule is Clc1ccc(-c2cc(-c3ccc(Br)cc3)sc2-c2ccc(Cl)cc2Cl)cc1. The molecule has 0 saturated heterocycles. The predicted molar refractivity (Wildman–Crippen MR) is 123 cm³/mol. The maximum Gasteiger partial charge on any atom is 0.0507 e. The lowest BCUT2D eigenvalue weighted by molar-refractivity contribution is 1.63. The second-order valence-corrected chi connectivity index (χ2v) is 9.24. The number of thiophene rings is 1. The van der Waals surface area contributed by atoms with Gasteiger partial charge in [-0.15, -0.1) is 11.3 Å². The normalized spacial score (nSPS) is 11.0. The highest BCUT2D eigenvalue weighted by Crippen LogP contribution is 2.46. The maximum atomic E-state index is 6.52. The lowest BCUT2D eigenvalue weighted by Gasteiger charge is -2.07. The van der Waals surface area contributed by atoms with Crippen LogP contribution in [0.5, 0.6) is 0 Å². The van der Waals surface area contributed by atoms with Crippen LogP contribution in [0.1, 0.15) is 0 Å². The van der Waals surface area contributed by atoms with Gasteiger partial charge in [0.1, 0.15) is 0 Å². The van der Waals surface area contributed by atoms with Gasteiger partial charge >= 0.3 is 0 Å². The second kappa shape index (κ2) is 7.98. The Morgan fingerprint density at radius 2 is 1.26 bits per heavy atom. The van der Waals surface area contributed by atoms with Crippen molar-refractivity contribution in [1.29, 1.82) is 0 Å². The predicted octanol–water partition coefficient (Wildman–Crippen LogP) is 9.47. The van der Waals surface area contributed by atoms with Crippen molar-refractivity contribution in [3.8, 4) is 32.0 Å². The van der Waals surface area contributed by atoms with Gasteiger partial charge in [0, 0.05) is 35.4 Å². The first-order valence-electron chi connectivity index (χ1n) is 8.12. The molecule has 0 aliphatic carbocycles. The number of benzene rings is 3. The average Bonchev–Trinajstić information content (AvgIpc) is 3.08. The topological polar surface area (TPSA) is 0 Å². The van der Waals surface area contributed by atoms with E-state index in [4.69, 9.17) is 34.8 Å². The Balaban J connectivity index is 1.92. The summed E-state index contributed by atoms with van der Waals surface area (Å²) >= 11 is 23.9. The fourth-order valence-electron chi connectivity index (χ4n) is 2.87. The summed E-state index contributed by atoms with van der Waals surface area (Å²) in [6.45, 7) is 0. The summed E-state index contributed by atoms with van der Waals surface area (Å²) in [6.07, 6.45) is 0. The molecule has 4 rings (SSSR count). The van der Waals surface area contributed by atoms with E-state index < -0.39 is 0 Å². The van der Waals surface area contributed by atoms with Crippen molar-refractivity contribution < 1.29 is 0 Å². The third-order valence-corrected chi connectivity index (χ3v) is 6.74. The lowest BCUT2D eigenvalue weighted by atomic mass is 10.0. The van der Waals surface area contributed by atoms with Crippen LogP contribution in [-0.2, 0) is 0 Å². The van der Waals surface area contributed by atoms with E-state index >= 15 is 0 Å². The summed E-state index contributed by atoms with van der Waals surface area (Å²) in [4.78, 5) is 2.28. The smallest absolute Gasteiger partial charge is 0.0507 e. The van der Waals surface area contributed by atoms with Crippen molar-refractivity contribution in [2.45, 2.75) is 0 Å². The van der Waals surface area contributed by atoms with Gasteiger partial charge < -0.3 is 0 Å². The average molecular weight is 495 g/mol. The highest BCUT2D eigenvalue weighted by molar-refractivity contribution is 9.10. The highest BCUT2D eigenvalue weighted by atomic mass is 79.9. The van der Waals surface area contributed by atoms with Gasteiger partial charge in [0.05, 0.1) is 5.02 Å². The van der Waals surface area contributed by atoms with Crippen LogP contribution in [0.2, 0.25) is 15.1 Å². The van der Waals surface area contributed by atoms with E-state index in [2.05, 4.69) is 34.1 Å². The Labute approximate surface area is 185 Å². The van der Waals surface area contributed by atoms with Crippen molar-refractivity contribution in [3.63, 3.8) is 0 Å². The van der Waals surface area contributed by atoms with E-state index in [0.29, 0.717) is 15.1 Å². The van der Waals surface area contributed by atoms with Gasteiger partial charge in [-0.25, -0.2) is 0 Å². The van der Waals surface area contributed by atoms with Crippen molar-refractivity contribution in [1.82, 2.24) is 0 Å². The number of hydrogen-bond donors (Lipinski definition) is 0. The number of hydrogen-bond acceptors (Lipinski definition) is 1. The molecule has 0 fully saturated rings. The molecule has 4 aromatic rings. The minimum Gasteiger partial charge on any atom is -0.135 e. The lowest BCUT2D eigenvalue weighted by Crippen LogP contribution is -1.81. The van der Waals surface area contributed by atoms with E-state index in [-0.39, 0.29) is 0 Å². The molecule has 0 unspecified atom stereocenters. The third kappa shape index (κ3) is 4.11. The fraction of sp³-hybridized carbons (Fsp3) is 0. The molecule has 5 heteroatoms. The van der Waals surface area contributed by atoms with Crippen LogP contribution in [0.3, 0.4) is 0 Å². The number of halogens is 4. The molecule has 0 amide bonds. The molecule has 0 atom stereocenters.